The van der Waals surface area contributed by atoms with Gasteiger partial charge >= 0.3 is 0 Å². The van der Waals surface area contributed by atoms with Gasteiger partial charge in [0.05, 0.1) is 17.8 Å². The number of nitrogens with zero attached hydrogens (tertiary/aromatic N) is 4. The monoisotopic (exact) mass is 415 g/mol. The number of carbonyl (C=O) groups excluding carboxylic acids is 2. The zero-order valence-electron chi connectivity index (χ0n) is 19.1. The molecule has 3 rings (SSSR count). The van der Waals surface area contributed by atoms with Crippen LogP contribution in [0.25, 0.3) is 5.65 Å². The summed E-state index contributed by atoms with van der Waals surface area (Å²) in [6.45, 7) is 14.2. The fourth-order valence-corrected chi connectivity index (χ4v) is 3.65. The minimum Gasteiger partial charge on any atom is -0.352 e. The molecule has 0 saturated carbocycles. The van der Waals surface area contributed by atoms with E-state index in [1.165, 1.54) is 4.52 Å². The lowest BCUT2D eigenvalue weighted by molar-refractivity contribution is -0.122. The molecule has 0 aliphatic carbocycles. The van der Waals surface area contributed by atoms with Gasteiger partial charge in [-0.1, -0.05) is 34.6 Å². The standard InChI is InChI=1S/C22H33N5O3/c1-8-13(3)23-17(28)12-26-18-10-16(22(5,6)7)24-27(18)20(29)15-11-25(14(4)9-2)21(30)19(15)26/h10,13-14H,8-9,11-12H2,1-7H3,(H,23,28)/t13-,14+/m1/s1. The highest BCUT2D eigenvalue weighted by atomic mass is 16.2. The third kappa shape index (κ3) is 3.75. The maximum Gasteiger partial charge on any atom is 0.280 e. The molecule has 30 heavy (non-hydrogen) atoms. The summed E-state index contributed by atoms with van der Waals surface area (Å²) >= 11 is 0. The molecule has 0 spiro atoms. The zero-order valence-corrected chi connectivity index (χ0v) is 19.1. The first-order chi connectivity index (χ1) is 14.0. The van der Waals surface area contributed by atoms with Crippen LogP contribution in [0.5, 0.6) is 0 Å². The summed E-state index contributed by atoms with van der Waals surface area (Å²) in [5.74, 6) is -0.390. The van der Waals surface area contributed by atoms with E-state index in [1.54, 1.807) is 9.47 Å². The largest absolute Gasteiger partial charge is 0.352 e. The van der Waals surface area contributed by atoms with Crippen molar-refractivity contribution >= 4 is 17.5 Å². The molecule has 1 aliphatic rings. The van der Waals surface area contributed by atoms with Crippen LogP contribution in [0.15, 0.2) is 10.9 Å². The van der Waals surface area contributed by atoms with Crippen molar-refractivity contribution in [3.8, 4) is 0 Å². The molecule has 1 aliphatic heterocycles. The molecule has 3 heterocycles. The molecular weight excluding hydrogens is 382 g/mol. The molecule has 164 valence electrons. The van der Waals surface area contributed by atoms with Crippen LogP contribution in [0.4, 0.5) is 0 Å². The molecule has 8 heteroatoms. The first kappa shape index (κ1) is 22.1. The number of hydrogen-bond acceptors (Lipinski definition) is 4. The lowest BCUT2D eigenvalue weighted by Gasteiger charge is -2.22. The van der Waals surface area contributed by atoms with E-state index in [4.69, 9.17) is 0 Å². The second-order valence-corrected chi connectivity index (χ2v) is 9.34. The Balaban J connectivity index is 2.21. The van der Waals surface area contributed by atoms with Crippen molar-refractivity contribution in [2.24, 2.45) is 0 Å². The van der Waals surface area contributed by atoms with Crippen molar-refractivity contribution in [1.82, 2.24) is 24.4 Å². The number of hydrogen-bond donors (Lipinski definition) is 1. The summed E-state index contributed by atoms with van der Waals surface area (Å²) in [4.78, 5) is 40.9. The van der Waals surface area contributed by atoms with Crippen molar-refractivity contribution in [2.45, 2.75) is 91.9 Å². The average Bonchev–Trinajstić information content (AvgIpc) is 3.27. The molecular formula is C22H33N5O3. The predicted molar refractivity (Wildman–Crippen MR) is 116 cm³/mol. The molecule has 0 saturated heterocycles. The summed E-state index contributed by atoms with van der Waals surface area (Å²) in [5, 5.41) is 7.50. The summed E-state index contributed by atoms with van der Waals surface area (Å²) in [7, 11) is 0. The Morgan fingerprint density at radius 2 is 1.87 bits per heavy atom. The van der Waals surface area contributed by atoms with E-state index < -0.39 is 0 Å². The second-order valence-electron chi connectivity index (χ2n) is 9.34. The third-order valence-electron chi connectivity index (χ3n) is 5.98. The van der Waals surface area contributed by atoms with Gasteiger partial charge in [-0.3, -0.25) is 14.4 Å². The Bertz CT molecular complexity index is 1040. The maximum atomic E-state index is 13.3. The lowest BCUT2D eigenvalue weighted by Crippen LogP contribution is -2.37. The SMILES string of the molecule is CC[C@@H](C)NC(=O)Cn1c2c(c(=O)n3nc(C(C)(C)C)cc13)CN([C@@H](C)CC)C2=O. The molecule has 0 unspecified atom stereocenters. The number of aromatic nitrogens is 3. The first-order valence-electron chi connectivity index (χ1n) is 10.8. The fourth-order valence-electron chi connectivity index (χ4n) is 3.65. The van der Waals surface area contributed by atoms with Crippen LogP contribution >= 0.6 is 0 Å². The van der Waals surface area contributed by atoms with E-state index in [9.17, 15) is 14.4 Å². The van der Waals surface area contributed by atoms with E-state index in [1.807, 2.05) is 54.5 Å². The van der Waals surface area contributed by atoms with Crippen LogP contribution in [0.3, 0.4) is 0 Å². The van der Waals surface area contributed by atoms with Crippen molar-refractivity contribution in [3.05, 3.63) is 33.4 Å². The number of amides is 2. The van der Waals surface area contributed by atoms with Gasteiger partial charge in [0, 0.05) is 23.6 Å². The minimum atomic E-state index is -0.284. The van der Waals surface area contributed by atoms with E-state index in [2.05, 4.69) is 10.4 Å². The molecule has 2 aromatic heterocycles. The van der Waals surface area contributed by atoms with E-state index in [-0.39, 0.29) is 48.0 Å². The number of nitrogens with one attached hydrogen (secondary N) is 1. The highest BCUT2D eigenvalue weighted by Gasteiger charge is 2.37. The number of rotatable bonds is 6. The molecule has 2 atom stereocenters. The van der Waals surface area contributed by atoms with Crippen LogP contribution in [-0.2, 0) is 23.3 Å². The van der Waals surface area contributed by atoms with Crippen LogP contribution in [0.2, 0.25) is 0 Å². The zero-order chi connectivity index (χ0) is 22.4. The molecule has 0 radical (unpaired) electrons. The van der Waals surface area contributed by atoms with Crippen LogP contribution in [-0.4, -0.2) is 43.0 Å². The Morgan fingerprint density at radius 3 is 2.43 bits per heavy atom. The van der Waals surface area contributed by atoms with Crippen LogP contribution < -0.4 is 10.9 Å². The molecule has 8 nitrogen and oxygen atoms in total. The highest BCUT2D eigenvalue weighted by Crippen LogP contribution is 2.27. The number of fused-ring (bicyclic) bond motifs is 2. The van der Waals surface area contributed by atoms with Crippen LogP contribution in [0.1, 0.15) is 83.1 Å². The summed E-state index contributed by atoms with van der Waals surface area (Å²) < 4.78 is 3.02. The van der Waals surface area contributed by atoms with Gasteiger partial charge in [0.15, 0.2) is 0 Å². The number of carbonyl (C=O) groups is 2. The Morgan fingerprint density at radius 1 is 1.20 bits per heavy atom. The van der Waals surface area contributed by atoms with Gasteiger partial charge < -0.3 is 14.8 Å². The van der Waals surface area contributed by atoms with Gasteiger partial charge in [-0.25, -0.2) is 0 Å². The van der Waals surface area contributed by atoms with Gasteiger partial charge in [0.1, 0.15) is 17.9 Å². The van der Waals surface area contributed by atoms with Crippen molar-refractivity contribution in [2.75, 3.05) is 0 Å². The van der Waals surface area contributed by atoms with Gasteiger partial charge in [-0.15, -0.1) is 0 Å². The summed E-state index contributed by atoms with van der Waals surface area (Å²) in [6.07, 6.45) is 1.60. The molecule has 0 fully saturated rings. The third-order valence-corrected chi connectivity index (χ3v) is 5.98. The summed E-state index contributed by atoms with van der Waals surface area (Å²) in [5.41, 5.74) is 1.38. The quantitative estimate of drug-likeness (QED) is 0.785. The predicted octanol–water partition coefficient (Wildman–Crippen LogP) is 2.46. The van der Waals surface area contributed by atoms with E-state index >= 15 is 0 Å². The average molecular weight is 416 g/mol. The first-order valence-corrected chi connectivity index (χ1v) is 10.8. The van der Waals surface area contributed by atoms with E-state index in [0.29, 0.717) is 16.9 Å². The minimum absolute atomic E-state index is 0.00384. The summed E-state index contributed by atoms with van der Waals surface area (Å²) in [6, 6.07) is 1.85. The molecule has 2 amide bonds. The van der Waals surface area contributed by atoms with Gasteiger partial charge in [-0.05, 0) is 26.7 Å². The van der Waals surface area contributed by atoms with Crippen molar-refractivity contribution in [1.29, 1.82) is 0 Å². The highest BCUT2D eigenvalue weighted by molar-refractivity contribution is 5.98. The maximum absolute atomic E-state index is 13.3. The van der Waals surface area contributed by atoms with E-state index in [0.717, 1.165) is 18.5 Å². The smallest absolute Gasteiger partial charge is 0.280 e. The van der Waals surface area contributed by atoms with Crippen LogP contribution in [0, 0.1) is 0 Å². The topological polar surface area (TPSA) is 88.7 Å². The van der Waals surface area contributed by atoms with Crippen molar-refractivity contribution < 1.29 is 9.59 Å². The molecule has 1 N–H and O–H groups in total. The Kier molecular flexibility index (Phi) is 5.80. The Hall–Kier alpha value is -2.64. The normalized spacial score (nSPS) is 16.1. The molecule has 0 bridgehead atoms. The van der Waals surface area contributed by atoms with Gasteiger partial charge in [0.25, 0.3) is 11.5 Å². The second kappa shape index (κ2) is 7.89. The molecule has 2 aromatic rings. The Labute approximate surface area is 177 Å². The van der Waals surface area contributed by atoms with Gasteiger partial charge in [-0.2, -0.15) is 9.61 Å². The molecule has 0 aromatic carbocycles. The fraction of sp³-hybridized carbons (Fsp3) is 0.636. The lowest BCUT2D eigenvalue weighted by atomic mass is 9.93. The van der Waals surface area contributed by atoms with Gasteiger partial charge in [0.2, 0.25) is 5.91 Å². The van der Waals surface area contributed by atoms with Crippen molar-refractivity contribution in [3.63, 3.8) is 0 Å².